The Morgan fingerprint density at radius 2 is 1.64 bits per heavy atom. The van der Waals surface area contributed by atoms with Crippen LogP contribution in [0.15, 0.2) is 53.4 Å². The second-order valence-corrected chi connectivity index (χ2v) is 8.32. The Bertz CT molecular complexity index is 845. The maximum atomic E-state index is 12.5. The molecule has 0 atom stereocenters. The number of carbonyl (C=O) groups excluding carboxylic acids is 1. The molecule has 3 N–H and O–H groups in total. The molecular formula is C18H21ClN2O3S. The van der Waals surface area contributed by atoms with Gasteiger partial charge in [0.2, 0.25) is 15.9 Å². The first-order valence-electron chi connectivity index (χ1n) is 7.77. The maximum Gasteiger partial charge on any atom is 0.238 e. The third kappa shape index (κ3) is 5.04. The predicted octanol–water partition coefficient (Wildman–Crippen LogP) is 2.62. The molecule has 7 heteroatoms. The lowest BCUT2D eigenvalue weighted by Gasteiger charge is -2.24. The summed E-state index contributed by atoms with van der Waals surface area (Å²) < 4.78 is 22.5. The Morgan fingerprint density at radius 3 is 2.16 bits per heavy atom. The molecule has 0 saturated heterocycles. The van der Waals surface area contributed by atoms with E-state index in [-0.39, 0.29) is 10.8 Å². The fraction of sp³-hybridized carbons (Fsp3) is 0.278. The van der Waals surface area contributed by atoms with Gasteiger partial charge in [-0.25, -0.2) is 13.6 Å². The van der Waals surface area contributed by atoms with Gasteiger partial charge in [-0.1, -0.05) is 35.9 Å². The van der Waals surface area contributed by atoms with Crippen molar-refractivity contribution in [3.63, 3.8) is 0 Å². The monoisotopic (exact) mass is 380 g/mol. The molecule has 134 valence electrons. The second-order valence-electron chi connectivity index (χ2n) is 6.33. The highest BCUT2D eigenvalue weighted by molar-refractivity contribution is 7.89. The van der Waals surface area contributed by atoms with Crippen molar-refractivity contribution in [3.05, 3.63) is 64.7 Å². The summed E-state index contributed by atoms with van der Waals surface area (Å²) >= 11 is 5.89. The summed E-state index contributed by atoms with van der Waals surface area (Å²) in [5, 5.41) is 8.61. The maximum absolute atomic E-state index is 12.5. The number of halogens is 1. The summed E-state index contributed by atoms with van der Waals surface area (Å²) in [6.07, 6.45) is 0.591. The highest BCUT2D eigenvalue weighted by Gasteiger charge is 2.29. The zero-order valence-electron chi connectivity index (χ0n) is 14.1. The minimum atomic E-state index is -3.69. The summed E-state index contributed by atoms with van der Waals surface area (Å²) in [5.74, 6) is -0.0871. The van der Waals surface area contributed by atoms with Crippen molar-refractivity contribution in [1.82, 2.24) is 5.32 Å². The molecule has 0 heterocycles. The summed E-state index contributed by atoms with van der Waals surface area (Å²) in [7, 11) is -3.69. The van der Waals surface area contributed by atoms with Gasteiger partial charge in [0.25, 0.3) is 0 Å². The van der Waals surface area contributed by atoms with Crippen LogP contribution < -0.4 is 10.5 Å². The number of nitrogens with one attached hydrogen (secondary N) is 1. The molecule has 2 aromatic rings. The smallest absolute Gasteiger partial charge is 0.238 e. The summed E-state index contributed by atoms with van der Waals surface area (Å²) in [6.45, 7) is 4.16. The van der Waals surface area contributed by atoms with Crippen molar-refractivity contribution in [2.24, 2.45) is 5.14 Å². The topological polar surface area (TPSA) is 89.3 Å². The SMILES string of the molecule is CC(C)(C(=O)NCCc1ccc(S(N)(=O)=O)cc1)c1ccc(Cl)cc1. The molecule has 0 saturated carbocycles. The van der Waals surface area contributed by atoms with Gasteiger partial charge in [-0.3, -0.25) is 4.79 Å². The lowest BCUT2D eigenvalue weighted by atomic mass is 9.83. The molecule has 0 aliphatic carbocycles. The van der Waals surface area contributed by atoms with Crippen LogP contribution in [0.3, 0.4) is 0 Å². The largest absolute Gasteiger partial charge is 0.355 e. The third-order valence-electron chi connectivity index (χ3n) is 4.08. The van der Waals surface area contributed by atoms with Gasteiger partial charge in [0.05, 0.1) is 10.3 Å². The molecule has 1 amide bonds. The molecule has 0 unspecified atom stereocenters. The van der Waals surface area contributed by atoms with Crippen LogP contribution in [0.2, 0.25) is 5.02 Å². The van der Waals surface area contributed by atoms with Crippen molar-refractivity contribution in [1.29, 1.82) is 0 Å². The first-order valence-corrected chi connectivity index (χ1v) is 9.69. The number of amides is 1. The highest BCUT2D eigenvalue weighted by Crippen LogP contribution is 2.24. The van der Waals surface area contributed by atoms with Crippen LogP contribution in [0.1, 0.15) is 25.0 Å². The lowest BCUT2D eigenvalue weighted by molar-refractivity contribution is -0.125. The fourth-order valence-electron chi connectivity index (χ4n) is 2.38. The number of benzene rings is 2. The fourth-order valence-corrected chi connectivity index (χ4v) is 3.03. The molecule has 0 aliphatic rings. The quantitative estimate of drug-likeness (QED) is 0.807. The van der Waals surface area contributed by atoms with Crippen molar-refractivity contribution >= 4 is 27.5 Å². The summed E-state index contributed by atoms with van der Waals surface area (Å²) in [4.78, 5) is 12.6. The third-order valence-corrected chi connectivity index (χ3v) is 5.27. The van der Waals surface area contributed by atoms with Gasteiger partial charge in [-0.2, -0.15) is 0 Å². The van der Waals surface area contributed by atoms with Crippen molar-refractivity contribution < 1.29 is 13.2 Å². The second kappa shape index (κ2) is 7.56. The number of sulfonamides is 1. The minimum Gasteiger partial charge on any atom is -0.355 e. The van der Waals surface area contributed by atoms with Crippen LogP contribution in [0.5, 0.6) is 0 Å². The Hall–Kier alpha value is -1.89. The van der Waals surface area contributed by atoms with E-state index in [9.17, 15) is 13.2 Å². The Morgan fingerprint density at radius 1 is 1.08 bits per heavy atom. The first kappa shape index (κ1) is 19.4. The molecule has 0 fully saturated rings. The molecule has 0 aromatic heterocycles. The summed E-state index contributed by atoms with van der Waals surface area (Å²) in [5.41, 5.74) is 1.12. The normalized spacial score (nSPS) is 12.0. The molecule has 2 rings (SSSR count). The van der Waals surface area contributed by atoms with Gasteiger partial charge < -0.3 is 5.32 Å². The molecular weight excluding hydrogens is 360 g/mol. The minimum absolute atomic E-state index is 0.0733. The Kier molecular flexibility index (Phi) is 5.87. The van der Waals surface area contributed by atoms with E-state index < -0.39 is 15.4 Å². The zero-order chi connectivity index (χ0) is 18.7. The van der Waals surface area contributed by atoms with Gasteiger partial charge in [0.15, 0.2) is 0 Å². The molecule has 5 nitrogen and oxygen atoms in total. The zero-order valence-corrected chi connectivity index (χ0v) is 15.7. The van der Waals surface area contributed by atoms with Crippen LogP contribution in [0, 0.1) is 0 Å². The van der Waals surface area contributed by atoms with Crippen LogP contribution >= 0.6 is 11.6 Å². The summed E-state index contributed by atoms with van der Waals surface area (Å²) in [6, 6.07) is 13.5. The number of hydrogen-bond donors (Lipinski definition) is 2. The lowest BCUT2D eigenvalue weighted by Crippen LogP contribution is -2.40. The van der Waals surface area contributed by atoms with Crippen molar-refractivity contribution in [2.45, 2.75) is 30.6 Å². The molecule has 2 aromatic carbocycles. The van der Waals surface area contributed by atoms with Crippen molar-refractivity contribution in [2.75, 3.05) is 6.54 Å². The molecule has 0 radical (unpaired) electrons. The van der Waals surface area contributed by atoms with Gasteiger partial charge >= 0.3 is 0 Å². The number of carbonyl (C=O) groups is 1. The van der Waals surface area contributed by atoms with Crippen LogP contribution in [-0.2, 0) is 26.7 Å². The average molecular weight is 381 g/mol. The van der Waals surface area contributed by atoms with E-state index >= 15 is 0 Å². The van der Waals surface area contributed by atoms with Gasteiger partial charge in [0, 0.05) is 11.6 Å². The van der Waals surface area contributed by atoms with Gasteiger partial charge in [0.1, 0.15) is 0 Å². The first-order chi connectivity index (χ1) is 11.6. The van der Waals surface area contributed by atoms with E-state index in [1.54, 1.807) is 24.3 Å². The standard InChI is InChI=1S/C18H21ClN2O3S/c1-18(2,14-5-7-15(19)8-6-14)17(22)21-12-11-13-3-9-16(10-4-13)25(20,23)24/h3-10H,11-12H2,1-2H3,(H,21,22)(H2,20,23,24). The van der Waals surface area contributed by atoms with E-state index in [2.05, 4.69) is 5.32 Å². The van der Waals surface area contributed by atoms with E-state index in [0.717, 1.165) is 11.1 Å². The number of nitrogens with two attached hydrogens (primary N) is 1. The van der Waals surface area contributed by atoms with Crippen molar-refractivity contribution in [3.8, 4) is 0 Å². The molecule has 0 spiro atoms. The molecule has 25 heavy (non-hydrogen) atoms. The Labute approximate surface area is 153 Å². The predicted molar refractivity (Wildman–Crippen MR) is 99.0 cm³/mol. The molecule has 0 aliphatic heterocycles. The van der Waals surface area contributed by atoms with Crippen LogP contribution in [0.25, 0.3) is 0 Å². The Balaban J connectivity index is 1.94. The number of hydrogen-bond acceptors (Lipinski definition) is 3. The van der Waals surface area contributed by atoms with E-state index in [4.69, 9.17) is 16.7 Å². The number of primary sulfonamides is 1. The highest BCUT2D eigenvalue weighted by atomic mass is 35.5. The molecule has 0 bridgehead atoms. The van der Waals surface area contributed by atoms with Crippen LogP contribution in [-0.4, -0.2) is 20.9 Å². The van der Waals surface area contributed by atoms with Crippen LogP contribution in [0.4, 0.5) is 0 Å². The van der Waals surface area contributed by atoms with Gasteiger partial charge in [-0.05, 0) is 55.7 Å². The van der Waals surface area contributed by atoms with Gasteiger partial charge in [-0.15, -0.1) is 0 Å². The van der Waals surface area contributed by atoms with E-state index in [1.807, 2.05) is 26.0 Å². The number of rotatable bonds is 6. The van der Waals surface area contributed by atoms with E-state index in [1.165, 1.54) is 12.1 Å². The average Bonchev–Trinajstić information content (AvgIpc) is 2.54. The van der Waals surface area contributed by atoms with E-state index in [0.29, 0.717) is 18.0 Å².